The Morgan fingerprint density at radius 2 is 1.56 bits per heavy atom. The predicted molar refractivity (Wildman–Crippen MR) is 118 cm³/mol. The fourth-order valence-corrected chi connectivity index (χ4v) is 4.34. The van der Waals surface area contributed by atoms with Crippen LogP contribution in [0, 0.1) is 0 Å². The highest BCUT2D eigenvalue weighted by atomic mass is 16.5. The SMILES string of the molecule is CN1CCN(C(=O)CC(NC(=O)OCC2c3ccccc3-c3ccccc32)C(=O)O)CC1. The van der Waals surface area contributed by atoms with Crippen molar-refractivity contribution in [1.29, 1.82) is 0 Å². The molecule has 1 atom stereocenters. The second kappa shape index (κ2) is 9.40. The maximum Gasteiger partial charge on any atom is 0.407 e. The number of benzene rings is 2. The van der Waals surface area contributed by atoms with Gasteiger partial charge in [-0.15, -0.1) is 0 Å². The van der Waals surface area contributed by atoms with E-state index < -0.39 is 18.1 Å². The second-order valence-corrected chi connectivity index (χ2v) is 8.25. The van der Waals surface area contributed by atoms with Crippen molar-refractivity contribution in [3.05, 3.63) is 59.7 Å². The quantitative estimate of drug-likeness (QED) is 0.719. The van der Waals surface area contributed by atoms with Crippen LogP contribution in [0.25, 0.3) is 11.1 Å². The van der Waals surface area contributed by atoms with E-state index in [1.54, 1.807) is 4.90 Å². The molecule has 1 fully saturated rings. The molecule has 4 rings (SSSR count). The molecule has 0 radical (unpaired) electrons. The topological polar surface area (TPSA) is 99.2 Å². The molecule has 0 saturated carbocycles. The van der Waals surface area contributed by atoms with Crippen molar-refractivity contribution in [1.82, 2.24) is 15.1 Å². The van der Waals surface area contributed by atoms with Crippen LogP contribution in [0.2, 0.25) is 0 Å². The number of carbonyl (C=O) groups is 3. The van der Waals surface area contributed by atoms with Gasteiger partial charge >= 0.3 is 12.1 Å². The van der Waals surface area contributed by atoms with E-state index in [9.17, 15) is 19.5 Å². The number of hydrogen-bond acceptors (Lipinski definition) is 5. The normalized spacial score (nSPS) is 16.7. The summed E-state index contributed by atoms with van der Waals surface area (Å²) in [6.07, 6.45) is -1.14. The number of amides is 2. The fourth-order valence-electron chi connectivity index (χ4n) is 4.34. The average Bonchev–Trinajstić information content (AvgIpc) is 3.11. The second-order valence-electron chi connectivity index (χ2n) is 8.25. The molecule has 0 aromatic heterocycles. The standard InChI is InChI=1S/C24H27N3O5/c1-26-10-12-27(13-11-26)22(28)14-21(23(29)30)25-24(31)32-15-20-18-8-4-2-6-16(18)17-7-3-5-9-19(17)20/h2-9,20-21H,10-15H2,1H3,(H,25,31)(H,29,30). The number of nitrogens with zero attached hydrogens (tertiary/aromatic N) is 2. The molecule has 1 saturated heterocycles. The highest BCUT2D eigenvalue weighted by Crippen LogP contribution is 2.44. The Bertz CT molecular complexity index is 971. The van der Waals surface area contributed by atoms with E-state index in [2.05, 4.69) is 10.2 Å². The number of aliphatic carboxylic acids is 1. The zero-order chi connectivity index (χ0) is 22.7. The van der Waals surface area contributed by atoms with Gasteiger partial charge in [0.15, 0.2) is 0 Å². The minimum atomic E-state index is -1.34. The number of ether oxygens (including phenoxy) is 1. The van der Waals surface area contributed by atoms with Gasteiger partial charge in [-0.1, -0.05) is 48.5 Å². The number of nitrogens with one attached hydrogen (secondary N) is 1. The number of alkyl carbamates (subject to hydrolysis) is 1. The highest BCUT2D eigenvalue weighted by Gasteiger charge is 2.31. The molecule has 1 unspecified atom stereocenters. The lowest BCUT2D eigenvalue weighted by Crippen LogP contribution is -2.50. The van der Waals surface area contributed by atoms with Crippen LogP contribution in [0.3, 0.4) is 0 Å². The average molecular weight is 437 g/mol. The molecule has 0 spiro atoms. The van der Waals surface area contributed by atoms with Gasteiger partial charge in [-0.2, -0.15) is 0 Å². The zero-order valence-electron chi connectivity index (χ0n) is 18.0. The van der Waals surface area contributed by atoms with Crippen LogP contribution in [0.1, 0.15) is 23.5 Å². The molecule has 8 heteroatoms. The first-order valence-electron chi connectivity index (χ1n) is 10.7. The Balaban J connectivity index is 1.36. The van der Waals surface area contributed by atoms with E-state index in [1.807, 2.05) is 55.6 Å². The number of hydrogen-bond donors (Lipinski definition) is 2. The van der Waals surface area contributed by atoms with Gasteiger partial charge in [-0.3, -0.25) is 4.79 Å². The number of carboxylic acid groups (broad SMARTS) is 1. The van der Waals surface area contributed by atoms with Gasteiger partial charge in [0.25, 0.3) is 0 Å². The summed E-state index contributed by atoms with van der Waals surface area (Å²) in [5.41, 5.74) is 4.36. The third-order valence-corrected chi connectivity index (χ3v) is 6.17. The number of piperazine rings is 1. The van der Waals surface area contributed by atoms with Crippen LogP contribution in [0.4, 0.5) is 4.79 Å². The van der Waals surface area contributed by atoms with Gasteiger partial charge in [0.2, 0.25) is 5.91 Å². The van der Waals surface area contributed by atoms with Crippen LogP contribution < -0.4 is 5.32 Å². The van der Waals surface area contributed by atoms with Crippen molar-refractivity contribution in [2.45, 2.75) is 18.4 Å². The van der Waals surface area contributed by atoms with Crippen molar-refractivity contribution in [3.8, 4) is 11.1 Å². The molecular weight excluding hydrogens is 410 g/mol. The van der Waals surface area contributed by atoms with Crippen molar-refractivity contribution < 1.29 is 24.2 Å². The van der Waals surface area contributed by atoms with Crippen molar-refractivity contribution >= 4 is 18.0 Å². The van der Waals surface area contributed by atoms with E-state index in [0.29, 0.717) is 13.1 Å². The summed E-state index contributed by atoms with van der Waals surface area (Å²) in [6.45, 7) is 2.66. The first kappa shape index (κ1) is 21.8. The third kappa shape index (κ3) is 4.60. The lowest BCUT2D eigenvalue weighted by atomic mass is 9.98. The first-order valence-corrected chi connectivity index (χ1v) is 10.7. The van der Waals surface area contributed by atoms with E-state index in [4.69, 9.17) is 4.74 Å². The molecule has 2 aromatic rings. The van der Waals surface area contributed by atoms with Gasteiger partial charge in [0, 0.05) is 32.1 Å². The molecule has 32 heavy (non-hydrogen) atoms. The molecular formula is C24H27N3O5. The lowest BCUT2D eigenvalue weighted by Gasteiger charge is -2.33. The highest BCUT2D eigenvalue weighted by molar-refractivity contribution is 5.87. The van der Waals surface area contributed by atoms with Crippen LogP contribution in [-0.4, -0.2) is 78.8 Å². The molecule has 2 amide bonds. The van der Waals surface area contributed by atoms with Crippen molar-refractivity contribution in [3.63, 3.8) is 0 Å². The number of fused-ring (bicyclic) bond motifs is 3. The maximum absolute atomic E-state index is 12.5. The monoisotopic (exact) mass is 437 g/mol. The summed E-state index contributed by atoms with van der Waals surface area (Å²) >= 11 is 0. The summed E-state index contributed by atoms with van der Waals surface area (Å²) in [6, 6.07) is 14.6. The Kier molecular flexibility index (Phi) is 6.41. The van der Waals surface area contributed by atoms with E-state index >= 15 is 0 Å². The molecule has 168 valence electrons. The van der Waals surface area contributed by atoms with E-state index in [1.165, 1.54) is 0 Å². The molecule has 1 aliphatic heterocycles. The molecule has 2 aliphatic rings. The van der Waals surface area contributed by atoms with Crippen molar-refractivity contribution in [2.24, 2.45) is 0 Å². The maximum atomic E-state index is 12.5. The Labute approximate surface area is 186 Å². The molecule has 8 nitrogen and oxygen atoms in total. The summed E-state index contributed by atoms with van der Waals surface area (Å²) in [4.78, 5) is 40.3. The van der Waals surface area contributed by atoms with Crippen LogP contribution in [0.15, 0.2) is 48.5 Å². The van der Waals surface area contributed by atoms with E-state index in [0.717, 1.165) is 35.3 Å². The van der Waals surface area contributed by atoms with Gasteiger partial charge < -0.3 is 25.0 Å². The van der Waals surface area contributed by atoms with Gasteiger partial charge in [0.1, 0.15) is 12.6 Å². The molecule has 0 bridgehead atoms. The first-order chi connectivity index (χ1) is 15.4. The Morgan fingerprint density at radius 1 is 1.00 bits per heavy atom. The summed E-state index contributed by atoms with van der Waals surface area (Å²) in [5.74, 6) is -1.67. The molecule has 1 heterocycles. The van der Waals surface area contributed by atoms with Gasteiger partial charge in [-0.05, 0) is 29.3 Å². The Hall–Kier alpha value is -3.39. The number of carbonyl (C=O) groups excluding carboxylic acids is 2. The number of likely N-dealkylation sites (N-methyl/N-ethyl adjacent to an activating group) is 1. The molecule has 2 N–H and O–H groups in total. The lowest BCUT2D eigenvalue weighted by molar-refractivity contribution is -0.143. The van der Waals surface area contributed by atoms with Crippen LogP contribution >= 0.6 is 0 Å². The summed E-state index contributed by atoms with van der Waals surface area (Å²) < 4.78 is 5.42. The molecule has 2 aromatic carbocycles. The summed E-state index contributed by atoms with van der Waals surface area (Å²) in [5, 5.41) is 11.9. The zero-order valence-corrected chi connectivity index (χ0v) is 18.0. The fraction of sp³-hybridized carbons (Fsp3) is 0.375. The third-order valence-electron chi connectivity index (χ3n) is 6.17. The largest absolute Gasteiger partial charge is 0.480 e. The van der Waals surface area contributed by atoms with Crippen molar-refractivity contribution in [2.75, 3.05) is 39.8 Å². The van der Waals surface area contributed by atoms with Crippen LogP contribution in [0.5, 0.6) is 0 Å². The predicted octanol–water partition coefficient (Wildman–Crippen LogP) is 2.14. The van der Waals surface area contributed by atoms with Crippen LogP contribution in [-0.2, 0) is 14.3 Å². The Morgan fingerprint density at radius 3 is 2.12 bits per heavy atom. The summed E-state index contributed by atoms with van der Waals surface area (Å²) in [7, 11) is 1.97. The molecule has 1 aliphatic carbocycles. The van der Waals surface area contributed by atoms with E-state index in [-0.39, 0.29) is 24.9 Å². The number of carboxylic acids is 1. The van der Waals surface area contributed by atoms with Gasteiger partial charge in [-0.25, -0.2) is 9.59 Å². The minimum Gasteiger partial charge on any atom is -0.480 e. The minimum absolute atomic E-state index is 0.0819. The number of rotatable bonds is 6. The smallest absolute Gasteiger partial charge is 0.407 e. The van der Waals surface area contributed by atoms with Gasteiger partial charge in [0.05, 0.1) is 6.42 Å².